The normalized spacial score (nSPS) is 19.0. The van der Waals surface area contributed by atoms with Gasteiger partial charge in [-0.1, -0.05) is 32.9 Å². The highest BCUT2D eigenvalue weighted by atomic mass is 16.2. The molecule has 3 heterocycles. The maximum absolute atomic E-state index is 13.0. The number of aromatic amines is 1. The second kappa shape index (κ2) is 8.11. The summed E-state index contributed by atoms with van der Waals surface area (Å²) < 4.78 is 0. The van der Waals surface area contributed by atoms with Gasteiger partial charge in [0.2, 0.25) is 5.91 Å². The van der Waals surface area contributed by atoms with Gasteiger partial charge in [-0.15, -0.1) is 0 Å². The Bertz CT molecular complexity index is 949. The number of H-pyrrole nitrogens is 1. The minimum Gasteiger partial charge on any atom is -0.348 e. The van der Waals surface area contributed by atoms with Crippen LogP contribution in [0.15, 0.2) is 30.6 Å². The summed E-state index contributed by atoms with van der Waals surface area (Å²) in [6, 6.07) is 7.05. The molecular weight excluding hydrogens is 390 g/mol. The standard InChI is InChI=1S/C24H33N5O2/c1-16(28-21(30)17-5-7-18(8-6-17)23(2,3)4)22(31)29-13-10-24(11-14-29)20-19(9-12-27-24)25-15-26-20/h5-8,15-16,27H,9-14H2,1-4H3,(H,25,26)(H,28,30)/t16-/m1/s1. The molecule has 0 unspecified atom stereocenters. The SMILES string of the molecule is C[C@@H](NC(=O)c1ccc(C(C)(C)C)cc1)C(=O)N1CCC2(CC1)NCCc1[nH]cnc12. The van der Waals surface area contributed by atoms with E-state index in [-0.39, 0.29) is 22.8 Å². The van der Waals surface area contributed by atoms with Crippen LogP contribution in [-0.4, -0.2) is 52.4 Å². The number of nitrogens with one attached hydrogen (secondary N) is 3. The first kappa shape index (κ1) is 21.6. The summed E-state index contributed by atoms with van der Waals surface area (Å²) in [4.78, 5) is 35.3. The van der Waals surface area contributed by atoms with Gasteiger partial charge in [-0.3, -0.25) is 9.59 Å². The van der Waals surface area contributed by atoms with E-state index in [9.17, 15) is 9.59 Å². The Morgan fingerprint density at radius 2 is 1.84 bits per heavy atom. The van der Waals surface area contributed by atoms with Crippen LogP contribution in [0.3, 0.4) is 0 Å². The Morgan fingerprint density at radius 3 is 2.48 bits per heavy atom. The first-order chi connectivity index (χ1) is 14.7. The number of rotatable bonds is 3. The molecule has 0 bridgehead atoms. The average molecular weight is 424 g/mol. The van der Waals surface area contributed by atoms with E-state index in [1.54, 1.807) is 13.3 Å². The van der Waals surface area contributed by atoms with Gasteiger partial charge in [0.25, 0.3) is 5.91 Å². The summed E-state index contributed by atoms with van der Waals surface area (Å²) in [5.41, 5.74) is 3.94. The fourth-order valence-corrected chi connectivity index (χ4v) is 4.69. The summed E-state index contributed by atoms with van der Waals surface area (Å²) in [5.74, 6) is -0.252. The first-order valence-electron chi connectivity index (χ1n) is 11.2. The fourth-order valence-electron chi connectivity index (χ4n) is 4.69. The largest absolute Gasteiger partial charge is 0.348 e. The number of imidazole rings is 1. The van der Waals surface area contributed by atoms with Crippen molar-refractivity contribution in [1.29, 1.82) is 0 Å². The van der Waals surface area contributed by atoms with Crippen molar-refractivity contribution in [2.45, 2.75) is 64.0 Å². The highest BCUT2D eigenvalue weighted by molar-refractivity contribution is 5.97. The van der Waals surface area contributed by atoms with Crippen molar-refractivity contribution in [3.05, 3.63) is 53.1 Å². The van der Waals surface area contributed by atoms with E-state index < -0.39 is 6.04 Å². The quantitative estimate of drug-likeness (QED) is 0.708. The van der Waals surface area contributed by atoms with E-state index in [4.69, 9.17) is 0 Å². The first-order valence-corrected chi connectivity index (χ1v) is 11.2. The van der Waals surface area contributed by atoms with E-state index >= 15 is 0 Å². The third-order valence-corrected chi connectivity index (χ3v) is 6.67. The number of likely N-dealkylation sites (tertiary alicyclic amines) is 1. The van der Waals surface area contributed by atoms with Gasteiger partial charge in [0.15, 0.2) is 0 Å². The van der Waals surface area contributed by atoms with Gasteiger partial charge in [-0.05, 0) is 42.9 Å². The van der Waals surface area contributed by atoms with Crippen molar-refractivity contribution in [1.82, 2.24) is 25.5 Å². The van der Waals surface area contributed by atoms with E-state index in [1.165, 1.54) is 11.3 Å². The molecule has 4 rings (SSSR count). The summed E-state index contributed by atoms with van der Waals surface area (Å²) in [6.45, 7) is 10.4. The minimum absolute atomic E-state index is 0.0347. The molecule has 2 aliphatic heterocycles. The number of amides is 2. The minimum atomic E-state index is -0.566. The molecule has 1 aromatic carbocycles. The molecule has 1 fully saturated rings. The molecule has 2 amide bonds. The number of hydrogen-bond acceptors (Lipinski definition) is 4. The lowest BCUT2D eigenvalue weighted by Crippen LogP contribution is -2.57. The van der Waals surface area contributed by atoms with Crippen LogP contribution in [0, 0.1) is 0 Å². The predicted molar refractivity (Wildman–Crippen MR) is 120 cm³/mol. The molecule has 1 aromatic heterocycles. The van der Waals surface area contributed by atoms with Crippen LogP contribution in [0.5, 0.6) is 0 Å². The van der Waals surface area contributed by atoms with Crippen molar-refractivity contribution in [3.63, 3.8) is 0 Å². The van der Waals surface area contributed by atoms with Gasteiger partial charge < -0.3 is 20.5 Å². The summed E-state index contributed by atoms with van der Waals surface area (Å²) in [6.07, 6.45) is 4.37. The number of piperidine rings is 1. The zero-order valence-corrected chi connectivity index (χ0v) is 18.9. The number of fused-ring (bicyclic) bond motifs is 2. The molecule has 1 spiro atoms. The van der Waals surface area contributed by atoms with Crippen molar-refractivity contribution >= 4 is 11.8 Å². The Morgan fingerprint density at radius 1 is 1.16 bits per heavy atom. The molecule has 0 radical (unpaired) electrons. The number of aromatic nitrogens is 2. The molecule has 7 nitrogen and oxygen atoms in total. The summed E-state index contributed by atoms with van der Waals surface area (Å²) in [7, 11) is 0. The Balaban J connectivity index is 1.35. The van der Waals surface area contributed by atoms with Crippen LogP contribution in [0.4, 0.5) is 0 Å². The zero-order chi connectivity index (χ0) is 22.2. The van der Waals surface area contributed by atoms with E-state index in [1.807, 2.05) is 29.2 Å². The third kappa shape index (κ3) is 4.24. The lowest BCUT2D eigenvalue weighted by molar-refractivity contribution is -0.134. The molecule has 0 aliphatic carbocycles. The van der Waals surface area contributed by atoms with Gasteiger partial charge in [0.05, 0.1) is 17.6 Å². The molecule has 31 heavy (non-hydrogen) atoms. The Labute approximate surface area is 184 Å². The number of carbonyl (C=O) groups excluding carboxylic acids is 2. The summed E-state index contributed by atoms with van der Waals surface area (Å²) >= 11 is 0. The molecule has 3 N–H and O–H groups in total. The van der Waals surface area contributed by atoms with Gasteiger partial charge in [-0.2, -0.15) is 0 Å². The number of carbonyl (C=O) groups is 2. The highest BCUT2D eigenvalue weighted by Crippen LogP contribution is 2.35. The average Bonchev–Trinajstić information content (AvgIpc) is 3.24. The number of benzene rings is 1. The highest BCUT2D eigenvalue weighted by Gasteiger charge is 2.42. The lowest BCUT2D eigenvalue weighted by atomic mass is 9.80. The van der Waals surface area contributed by atoms with Crippen molar-refractivity contribution in [2.75, 3.05) is 19.6 Å². The maximum Gasteiger partial charge on any atom is 0.251 e. The van der Waals surface area contributed by atoms with E-state index in [2.05, 4.69) is 41.4 Å². The van der Waals surface area contributed by atoms with Gasteiger partial charge in [0, 0.05) is 37.3 Å². The maximum atomic E-state index is 13.0. The van der Waals surface area contributed by atoms with Crippen molar-refractivity contribution in [2.24, 2.45) is 0 Å². The second-order valence-electron chi connectivity index (χ2n) is 9.84. The molecular formula is C24H33N5O2. The van der Waals surface area contributed by atoms with Crippen LogP contribution >= 0.6 is 0 Å². The van der Waals surface area contributed by atoms with E-state index in [0.717, 1.165) is 31.5 Å². The molecule has 1 saturated heterocycles. The Hall–Kier alpha value is -2.67. The Kier molecular flexibility index (Phi) is 5.64. The van der Waals surface area contributed by atoms with Crippen LogP contribution in [0.2, 0.25) is 0 Å². The molecule has 0 saturated carbocycles. The van der Waals surface area contributed by atoms with Gasteiger partial charge >= 0.3 is 0 Å². The topological polar surface area (TPSA) is 90.1 Å². The molecule has 2 aromatic rings. The van der Waals surface area contributed by atoms with Crippen molar-refractivity contribution < 1.29 is 9.59 Å². The monoisotopic (exact) mass is 423 g/mol. The second-order valence-corrected chi connectivity index (χ2v) is 9.84. The van der Waals surface area contributed by atoms with Crippen LogP contribution in [0.1, 0.15) is 67.8 Å². The predicted octanol–water partition coefficient (Wildman–Crippen LogP) is 2.49. The molecule has 7 heteroatoms. The lowest BCUT2D eigenvalue weighted by Gasteiger charge is -2.44. The van der Waals surface area contributed by atoms with Crippen LogP contribution in [0.25, 0.3) is 0 Å². The number of hydrogen-bond donors (Lipinski definition) is 3. The molecule has 1 atom stereocenters. The fraction of sp³-hybridized carbons (Fsp3) is 0.542. The summed E-state index contributed by atoms with van der Waals surface area (Å²) in [5, 5.41) is 6.51. The zero-order valence-electron chi connectivity index (χ0n) is 18.9. The number of nitrogens with zero attached hydrogens (tertiary/aromatic N) is 2. The van der Waals surface area contributed by atoms with Gasteiger partial charge in [-0.25, -0.2) is 4.98 Å². The third-order valence-electron chi connectivity index (χ3n) is 6.67. The van der Waals surface area contributed by atoms with Crippen LogP contribution in [-0.2, 0) is 22.2 Å². The van der Waals surface area contributed by atoms with Crippen LogP contribution < -0.4 is 10.6 Å². The molecule has 2 aliphatic rings. The molecule has 166 valence electrons. The van der Waals surface area contributed by atoms with Crippen molar-refractivity contribution in [3.8, 4) is 0 Å². The van der Waals surface area contributed by atoms with Gasteiger partial charge in [0.1, 0.15) is 6.04 Å². The smallest absolute Gasteiger partial charge is 0.251 e. The van der Waals surface area contributed by atoms with E-state index in [0.29, 0.717) is 18.7 Å².